The van der Waals surface area contributed by atoms with Crippen LogP contribution in [0.25, 0.3) is 0 Å². The summed E-state index contributed by atoms with van der Waals surface area (Å²) >= 11 is 0. The van der Waals surface area contributed by atoms with Crippen molar-refractivity contribution in [3.05, 3.63) is 53.1 Å². The predicted octanol–water partition coefficient (Wildman–Crippen LogP) is 3.11. The number of amides is 2. The van der Waals surface area contributed by atoms with Crippen molar-refractivity contribution >= 4 is 29.7 Å². The fraction of sp³-hybridized carbons (Fsp3) is 0.273. The van der Waals surface area contributed by atoms with E-state index in [1.54, 1.807) is 18.2 Å². The van der Waals surface area contributed by atoms with E-state index >= 15 is 0 Å². The van der Waals surface area contributed by atoms with Crippen molar-refractivity contribution in [2.24, 2.45) is 5.10 Å². The van der Waals surface area contributed by atoms with Crippen LogP contribution in [0.15, 0.2) is 41.5 Å². The minimum absolute atomic E-state index is 0.00273. The highest BCUT2D eigenvalue weighted by molar-refractivity contribution is 5.94. The zero-order chi connectivity index (χ0) is 22.1. The predicted molar refractivity (Wildman–Crippen MR) is 114 cm³/mol. The van der Waals surface area contributed by atoms with E-state index in [1.165, 1.54) is 20.2 Å². The molecule has 0 atom stereocenters. The van der Waals surface area contributed by atoms with Crippen LogP contribution in [0.2, 0.25) is 0 Å². The van der Waals surface area contributed by atoms with Gasteiger partial charge in [-0.2, -0.15) is 5.10 Å². The maximum Gasteiger partial charge on any atom is 0.308 e. The molecule has 2 aromatic carbocycles. The molecule has 0 saturated heterocycles. The second-order valence-corrected chi connectivity index (χ2v) is 6.66. The van der Waals surface area contributed by atoms with Gasteiger partial charge in [0.05, 0.1) is 13.3 Å². The molecular weight excluding hydrogens is 386 g/mol. The Morgan fingerprint density at radius 3 is 2.43 bits per heavy atom. The quantitative estimate of drug-likeness (QED) is 0.300. The highest BCUT2D eigenvalue weighted by Crippen LogP contribution is 2.27. The van der Waals surface area contributed by atoms with Crippen LogP contribution in [-0.2, 0) is 14.4 Å². The van der Waals surface area contributed by atoms with Crippen LogP contribution in [0.3, 0.4) is 0 Å². The Morgan fingerprint density at radius 1 is 1.00 bits per heavy atom. The second kappa shape index (κ2) is 10.8. The third kappa shape index (κ3) is 7.05. The van der Waals surface area contributed by atoms with E-state index in [9.17, 15) is 14.4 Å². The van der Waals surface area contributed by atoms with Gasteiger partial charge in [0.1, 0.15) is 0 Å². The van der Waals surface area contributed by atoms with Gasteiger partial charge in [-0.05, 0) is 54.8 Å². The standard InChI is InChI=1S/C22H25N3O5/c1-14-5-6-15(2)18(11-14)24-21(27)9-10-22(28)25-23-13-17-7-8-19(30-16(3)26)20(12-17)29-4/h5-8,11-13H,9-10H2,1-4H3,(H,24,27)(H,25,28). The molecule has 158 valence electrons. The molecule has 0 aromatic heterocycles. The third-order valence-corrected chi connectivity index (χ3v) is 4.09. The fourth-order valence-corrected chi connectivity index (χ4v) is 2.55. The van der Waals surface area contributed by atoms with Crippen molar-refractivity contribution in [3.8, 4) is 11.5 Å². The molecule has 0 fully saturated rings. The number of carbonyl (C=O) groups excluding carboxylic acids is 3. The van der Waals surface area contributed by atoms with Gasteiger partial charge in [-0.1, -0.05) is 12.1 Å². The number of hydrogen-bond donors (Lipinski definition) is 2. The Hall–Kier alpha value is -3.68. The summed E-state index contributed by atoms with van der Waals surface area (Å²) in [6.45, 7) is 5.15. The lowest BCUT2D eigenvalue weighted by Crippen LogP contribution is -2.21. The molecule has 0 bridgehead atoms. The number of benzene rings is 2. The van der Waals surface area contributed by atoms with Crippen LogP contribution < -0.4 is 20.2 Å². The van der Waals surface area contributed by atoms with Crippen LogP contribution in [0.1, 0.15) is 36.5 Å². The normalized spacial score (nSPS) is 10.5. The first-order valence-electron chi connectivity index (χ1n) is 9.34. The van der Waals surface area contributed by atoms with E-state index in [4.69, 9.17) is 9.47 Å². The Balaban J connectivity index is 1.84. The maximum atomic E-state index is 12.1. The topological polar surface area (TPSA) is 106 Å². The first-order valence-corrected chi connectivity index (χ1v) is 9.34. The summed E-state index contributed by atoms with van der Waals surface area (Å²) in [5.41, 5.74) is 5.75. The van der Waals surface area contributed by atoms with Crippen LogP contribution in [0.4, 0.5) is 5.69 Å². The summed E-state index contributed by atoms with van der Waals surface area (Å²) in [7, 11) is 1.45. The van der Waals surface area contributed by atoms with Gasteiger partial charge in [0.2, 0.25) is 11.8 Å². The van der Waals surface area contributed by atoms with Gasteiger partial charge in [-0.15, -0.1) is 0 Å². The molecule has 8 heteroatoms. The summed E-state index contributed by atoms with van der Waals surface area (Å²) in [5.74, 6) is -0.423. The molecule has 2 rings (SSSR count). The van der Waals surface area contributed by atoms with Crippen LogP contribution in [0.5, 0.6) is 11.5 Å². The Morgan fingerprint density at radius 2 is 1.73 bits per heavy atom. The molecule has 30 heavy (non-hydrogen) atoms. The number of aryl methyl sites for hydroxylation is 2. The summed E-state index contributed by atoms with van der Waals surface area (Å²) in [5, 5.41) is 6.69. The van der Waals surface area contributed by atoms with Crippen molar-refractivity contribution in [3.63, 3.8) is 0 Å². The lowest BCUT2D eigenvalue weighted by atomic mass is 10.1. The lowest BCUT2D eigenvalue weighted by Gasteiger charge is -2.09. The average Bonchev–Trinajstić information content (AvgIpc) is 2.70. The zero-order valence-electron chi connectivity index (χ0n) is 17.4. The molecule has 0 aliphatic rings. The highest BCUT2D eigenvalue weighted by Gasteiger charge is 2.09. The SMILES string of the molecule is COc1cc(C=NNC(=O)CCC(=O)Nc2cc(C)ccc2C)ccc1OC(C)=O. The number of methoxy groups -OCH3 is 1. The molecule has 0 saturated carbocycles. The molecule has 0 spiro atoms. The van der Waals surface area contributed by atoms with Gasteiger partial charge in [-0.25, -0.2) is 5.43 Å². The summed E-state index contributed by atoms with van der Waals surface area (Å²) < 4.78 is 10.2. The van der Waals surface area contributed by atoms with E-state index in [-0.39, 0.29) is 24.7 Å². The van der Waals surface area contributed by atoms with Gasteiger partial charge in [0.15, 0.2) is 11.5 Å². The zero-order valence-corrected chi connectivity index (χ0v) is 17.4. The van der Waals surface area contributed by atoms with Crippen LogP contribution in [0, 0.1) is 13.8 Å². The first kappa shape index (κ1) is 22.6. The molecule has 2 N–H and O–H groups in total. The Kier molecular flexibility index (Phi) is 8.10. The molecule has 0 unspecified atom stereocenters. The molecule has 2 amide bonds. The second-order valence-electron chi connectivity index (χ2n) is 6.66. The van der Waals surface area contributed by atoms with Gasteiger partial charge in [0, 0.05) is 25.5 Å². The number of hydrazone groups is 1. The Bertz CT molecular complexity index is 969. The van der Waals surface area contributed by atoms with Gasteiger partial charge < -0.3 is 14.8 Å². The van der Waals surface area contributed by atoms with E-state index in [1.807, 2.05) is 32.0 Å². The number of nitrogens with one attached hydrogen (secondary N) is 2. The molecule has 0 aliphatic heterocycles. The number of carbonyl (C=O) groups is 3. The molecule has 0 aliphatic carbocycles. The molecule has 2 aromatic rings. The molecule has 8 nitrogen and oxygen atoms in total. The van der Waals surface area contributed by atoms with E-state index in [2.05, 4.69) is 15.8 Å². The maximum absolute atomic E-state index is 12.1. The molecule has 0 radical (unpaired) electrons. The first-order chi connectivity index (χ1) is 14.3. The van der Waals surface area contributed by atoms with Crippen molar-refractivity contribution in [1.29, 1.82) is 0 Å². The summed E-state index contributed by atoms with van der Waals surface area (Å²) in [4.78, 5) is 35.1. The largest absolute Gasteiger partial charge is 0.493 e. The summed E-state index contributed by atoms with van der Waals surface area (Å²) in [6, 6.07) is 10.6. The Labute approximate surface area is 175 Å². The van der Waals surface area contributed by atoms with Gasteiger partial charge in [0.25, 0.3) is 0 Å². The van der Waals surface area contributed by atoms with E-state index in [0.29, 0.717) is 17.1 Å². The van der Waals surface area contributed by atoms with Crippen LogP contribution >= 0.6 is 0 Å². The van der Waals surface area contributed by atoms with E-state index < -0.39 is 5.97 Å². The van der Waals surface area contributed by atoms with Gasteiger partial charge >= 0.3 is 5.97 Å². The van der Waals surface area contributed by atoms with Crippen molar-refractivity contribution in [2.75, 3.05) is 12.4 Å². The molecule has 0 heterocycles. The van der Waals surface area contributed by atoms with Crippen LogP contribution in [-0.4, -0.2) is 31.1 Å². The highest BCUT2D eigenvalue weighted by atomic mass is 16.6. The molecular formula is C22H25N3O5. The number of hydrogen-bond acceptors (Lipinski definition) is 6. The monoisotopic (exact) mass is 411 g/mol. The summed E-state index contributed by atoms with van der Waals surface area (Å²) in [6.07, 6.45) is 1.47. The number of ether oxygens (including phenoxy) is 2. The average molecular weight is 411 g/mol. The number of rotatable bonds is 8. The number of nitrogens with zero attached hydrogens (tertiary/aromatic N) is 1. The smallest absolute Gasteiger partial charge is 0.308 e. The van der Waals surface area contributed by atoms with Crippen molar-refractivity contribution < 1.29 is 23.9 Å². The van der Waals surface area contributed by atoms with Gasteiger partial charge in [-0.3, -0.25) is 14.4 Å². The number of esters is 1. The third-order valence-electron chi connectivity index (χ3n) is 4.09. The lowest BCUT2D eigenvalue weighted by molar-refractivity contribution is -0.132. The van der Waals surface area contributed by atoms with E-state index in [0.717, 1.165) is 16.8 Å². The minimum atomic E-state index is -0.455. The van der Waals surface area contributed by atoms with Crippen molar-refractivity contribution in [2.45, 2.75) is 33.6 Å². The fourth-order valence-electron chi connectivity index (χ4n) is 2.55. The van der Waals surface area contributed by atoms with Crippen molar-refractivity contribution in [1.82, 2.24) is 5.43 Å². The minimum Gasteiger partial charge on any atom is -0.493 e. The number of anilines is 1.